The topological polar surface area (TPSA) is 55.2 Å². The van der Waals surface area contributed by atoms with Gasteiger partial charge in [0.25, 0.3) is 0 Å². The van der Waals surface area contributed by atoms with Gasteiger partial charge in [-0.05, 0) is 18.6 Å². The van der Waals surface area contributed by atoms with Crippen LogP contribution in [0, 0.1) is 6.92 Å². The number of aliphatic hydroxyl groups excluding tert-OH is 1. The average Bonchev–Trinajstić information content (AvgIpc) is 2.45. The summed E-state index contributed by atoms with van der Waals surface area (Å²) in [6, 6.07) is 10.3. The molecule has 4 heteroatoms. The minimum Gasteiger partial charge on any atom is -0.459 e. The van der Waals surface area contributed by atoms with Gasteiger partial charge in [-0.2, -0.15) is 0 Å². The molecule has 0 unspecified atom stereocenters. The SMILES string of the molecule is Cc1nc(OC/C=C/c2ccccc2)ncc1CO. The molecule has 1 aromatic carbocycles. The molecular formula is C15H16N2O2. The Bertz CT molecular complexity index is 553. The van der Waals surface area contributed by atoms with Crippen LogP contribution in [0.3, 0.4) is 0 Å². The number of hydrogen-bond acceptors (Lipinski definition) is 4. The summed E-state index contributed by atoms with van der Waals surface area (Å²) in [6.07, 6.45) is 5.47. The molecule has 0 atom stereocenters. The van der Waals surface area contributed by atoms with Crippen LogP contribution in [0.2, 0.25) is 0 Å². The number of nitrogens with zero attached hydrogens (tertiary/aromatic N) is 2. The number of aromatic nitrogens is 2. The number of ether oxygens (including phenoxy) is 1. The quantitative estimate of drug-likeness (QED) is 0.892. The molecule has 0 radical (unpaired) electrons. The Labute approximate surface area is 112 Å². The Morgan fingerprint density at radius 1 is 1.26 bits per heavy atom. The van der Waals surface area contributed by atoms with Crippen molar-refractivity contribution in [3.8, 4) is 6.01 Å². The summed E-state index contributed by atoms with van der Waals surface area (Å²) < 4.78 is 5.42. The minimum absolute atomic E-state index is 0.0555. The monoisotopic (exact) mass is 256 g/mol. The van der Waals surface area contributed by atoms with E-state index >= 15 is 0 Å². The molecule has 4 nitrogen and oxygen atoms in total. The Morgan fingerprint density at radius 3 is 2.74 bits per heavy atom. The highest BCUT2D eigenvalue weighted by Crippen LogP contribution is 2.08. The van der Waals surface area contributed by atoms with E-state index in [4.69, 9.17) is 9.84 Å². The fourth-order valence-electron chi connectivity index (χ4n) is 1.57. The molecule has 0 amide bonds. The van der Waals surface area contributed by atoms with Gasteiger partial charge in [-0.15, -0.1) is 0 Å². The Kier molecular flexibility index (Phi) is 4.64. The zero-order valence-electron chi connectivity index (χ0n) is 10.8. The van der Waals surface area contributed by atoms with Crippen LogP contribution in [-0.2, 0) is 6.61 Å². The summed E-state index contributed by atoms with van der Waals surface area (Å²) in [4.78, 5) is 8.19. The first-order valence-electron chi connectivity index (χ1n) is 6.07. The number of benzene rings is 1. The summed E-state index contributed by atoms with van der Waals surface area (Å²) in [5, 5.41) is 9.02. The normalized spacial score (nSPS) is 10.8. The van der Waals surface area contributed by atoms with E-state index in [0.29, 0.717) is 18.2 Å². The molecule has 1 heterocycles. The van der Waals surface area contributed by atoms with Crippen molar-refractivity contribution in [3.63, 3.8) is 0 Å². The van der Waals surface area contributed by atoms with Crippen LogP contribution in [0.5, 0.6) is 6.01 Å². The third kappa shape index (κ3) is 3.89. The maximum atomic E-state index is 9.02. The van der Waals surface area contributed by atoms with Crippen molar-refractivity contribution in [1.82, 2.24) is 9.97 Å². The van der Waals surface area contributed by atoms with Gasteiger partial charge in [-0.1, -0.05) is 36.4 Å². The molecule has 2 aromatic rings. The second-order valence-corrected chi connectivity index (χ2v) is 4.05. The van der Waals surface area contributed by atoms with Crippen LogP contribution in [0.25, 0.3) is 6.08 Å². The molecule has 0 spiro atoms. The average molecular weight is 256 g/mol. The van der Waals surface area contributed by atoms with Crippen molar-refractivity contribution in [2.45, 2.75) is 13.5 Å². The molecule has 0 saturated carbocycles. The minimum atomic E-state index is -0.0555. The third-order valence-corrected chi connectivity index (χ3v) is 2.65. The van der Waals surface area contributed by atoms with Gasteiger partial charge < -0.3 is 9.84 Å². The Hall–Kier alpha value is -2.20. The zero-order valence-corrected chi connectivity index (χ0v) is 10.8. The molecule has 19 heavy (non-hydrogen) atoms. The van der Waals surface area contributed by atoms with E-state index in [1.165, 1.54) is 0 Å². The van der Waals surface area contributed by atoms with Crippen LogP contribution in [0.1, 0.15) is 16.8 Å². The van der Waals surface area contributed by atoms with E-state index in [2.05, 4.69) is 9.97 Å². The summed E-state index contributed by atoms with van der Waals surface area (Å²) in [5.41, 5.74) is 2.57. The van der Waals surface area contributed by atoms with Crippen molar-refractivity contribution in [2.75, 3.05) is 6.61 Å². The lowest BCUT2D eigenvalue weighted by atomic mass is 10.2. The van der Waals surface area contributed by atoms with Gasteiger partial charge in [-0.3, -0.25) is 0 Å². The number of aliphatic hydroxyl groups is 1. The number of hydrogen-bond donors (Lipinski definition) is 1. The summed E-state index contributed by atoms with van der Waals surface area (Å²) in [7, 11) is 0. The fourth-order valence-corrected chi connectivity index (χ4v) is 1.57. The van der Waals surface area contributed by atoms with E-state index in [1.807, 2.05) is 49.4 Å². The largest absolute Gasteiger partial charge is 0.459 e. The molecule has 1 N–H and O–H groups in total. The lowest BCUT2D eigenvalue weighted by Gasteiger charge is -2.04. The molecule has 0 aliphatic rings. The van der Waals surface area contributed by atoms with E-state index in [0.717, 1.165) is 11.3 Å². The molecule has 1 aromatic heterocycles. The highest BCUT2D eigenvalue weighted by molar-refractivity contribution is 5.48. The van der Waals surface area contributed by atoms with Crippen LogP contribution in [0.4, 0.5) is 0 Å². The van der Waals surface area contributed by atoms with Gasteiger partial charge >= 0.3 is 6.01 Å². The highest BCUT2D eigenvalue weighted by atomic mass is 16.5. The van der Waals surface area contributed by atoms with Crippen molar-refractivity contribution < 1.29 is 9.84 Å². The van der Waals surface area contributed by atoms with Gasteiger partial charge in [0.15, 0.2) is 0 Å². The number of aryl methyl sites for hydroxylation is 1. The lowest BCUT2D eigenvalue weighted by molar-refractivity contribution is 0.278. The van der Waals surface area contributed by atoms with Crippen LogP contribution in [0.15, 0.2) is 42.6 Å². The molecule has 0 aliphatic heterocycles. The highest BCUT2D eigenvalue weighted by Gasteiger charge is 2.02. The maximum absolute atomic E-state index is 9.02. The molecule has 2 rings (SSSR count). The fraction of sp³-hybridized carbons (Fsp3) is 0.200. The second-order valence-electron chi connectivity index (χ2n) is 4.05. The lowest BCUT2D eigenvalue weighted by Crippen LogP contribution is -2.02. The first-order chi connectivity index (χ1) is 9.29. The maximum Gasteiger partial charge on any atom is 0.316 e. The van der Waals surface area contributed by atoms with Crippen molar-refractivity contribution in [1.29, 1.82) is 0 Å². The Balaban J connectivity index is 1.89. The van der Waals surface area contributed by atoms with E-state index in [1.54, 1.807) is 6.20 Å². The van der Waals surface area contributed by atoms with Crippen LogP contribution in [-0.4, -0.2) is 21.7 Å². The first-order valence-corrected chi connectivity index (χ1v) is 6.07. The van der Waals surface area contributed by atoms with Crippen LogP contribution >= 0.6 is 0 Å². The molecule has 0 aliphatic carbocycles. The van der Waals surface area contributed by atoms with Crippen LogP contribution < -0.4 is 4.74 Å². The molecule has 98 valence electrons. The molecule has 0 fully saturated rings. The molecular weight excluding hydrogens is 240 g/mol. The van der Waals surface area contributed by atoms with Gasteiger partial charge in [0.1, 0.15) is 6.61 Å². The zero-order chi connectivity index (χ0) is 13.5. The van der Waals surface area contributed by atoms with Gasteiger partial charge in [0.05, 0.1) is 12.3 Å². The van der Waals surface area contributed by atoms with Gasteiger partial charge in [0, 0.05) is 11.8 Å². The second kappa shape index (κ2) is 6.66. The number of rotatable bonds is 5. The first kappa shape index (κ1) is 13.2. The smallest absolute Gasteiger partial charge is 0.316 e. The Morgan fingerprint density at radius 2 is 2.05 bits per heavy atom. The van der Waals surface area contributed by atoms with E-state index in [-0.39, 0.29) is 6.61 Å². The standard InChI is InChI=1S/C15H16N2O2/c1-12-14(11-18)10-16-15(17-12)19-9-5-8-13-6-3-2-4-7-13/h2-8,10,18H,9,11H2,1H3/b8-5+. The van der Waals surface area contributed by atoms with E-state index < -0.39 is 0 Å². The van der Waals surface area contributed by atoms with Gasteiger partial charge in [0.2, 0.25) is 0 Å². The summed E-state index contributed by atoms with van der Waals surface area (Å²) in [6.45, 7) is 2.17. The summed E-state index contributed by atoms with van der Waals surface area (Å²) >= 11 is 0. The predicted octanol–water partition coefficient (Wildman–Crippen LogP) is 2.37. The van der Waals surface area contributed by atoms with Crippen molar-refractivity contribution >= 4 is 6.08 Å². The third-order valence-electron chi connectivity index (χ3n) is 2.65. The van der Waals surface area contributed by atoms with E-state index in [9.17, 15) is 0 Å². The summed E-state index contributed by atoms with van der Waals surface area (Å²) in [5.74, 6) is 0. The molecule has 0 bridgehead atoms. The van der Waals surface area contributed by atoms with Crippen molar-refractivity contribution in [2.24, 2.45) is 0 Å². The van der Waals surface area contributed by atoms with Crippen molar-refractivity contribution in [3.05, 3.63) is 59.4 Å². The molecule has 0 saturated heterocycles. The van der Waals surface area contributed by atoms with Gasteiger partial charge in [-0.25, -0.2) is 9.97 Å². The predicted molar refractivity (Wildman–Crippen MR) is 73.7 cm³/mol.